The Hall–Kier alpha value is -2.23. The van der Waals surface area contributed by atoms with Gasteiger partial charge in [0, 0.05) is 21.5 Å². The average Bonchev–Trinajstić information content (AvgIpc) is 2.31. The second-order valence-electron chi connectivity index (χ2n) is 2.95. The topological polar surface area (TPSA) is 45.9 Å². The lowest BCUT2D eigenvalue weighted by Crippen LogP contribution is -2.50. The summed E-state index contributed by atoms with van der Waals surface area (Å²) in [6, 6.07) is 12.6. The molecule has 0 saturated carbocycles. The van der Waals surface area contributed by atoms with Gasteiger partial charge in [-0.1, -0.05) is 23.6 Å². The van der Waals surface area contributed by atoms with Gasteiger partial charge in [0.15, 0.2) is 0 Å². The number of nitrogens with zero attached hydrogens (tertiary/aromatic N) is 2. The fraction of sp³-hybridized carbons (Fsp3) is 0. The lowest BCUT2D eigenvalue weighted by molar-refractivity contribution is -0.702. The second kappa shape index (κ2) is 4.32. The van der Waals surface area contributed by atoms with Crippen molar-refractivity contribution in [3.63, 3.8) is 0 Å². The Labute approximate surface area is 87.2 Å². The highest BCUT2D eigenvalue weighted by Crippen LogP contribution is 1.96. The maximum Gasteiger partial charge on any atom is 0.307 e. The molecule has 4 nitrogen and oxygen atoms in total. The molecule has 1 amide bonds. The predicted octanol–water partition coefficient (Wildman–Crippen LogP) is 0.753. The first-order valence-corrected chi connectivity index (χ1v) is 4.55. The molecule has 4 heteroatoms. The molecule has 0 aliphatic rings. The summed E-state index contributed by atoms with van der Waals surface area (Å²) in [5.41, 5.74) is 3.23. The smallest absolute Gasteiger partial charge is 0.263 e. The highest BCUT2D eigenvalue weighted by atomic mass is 16.2. The van der Waals surface area contributed by atoms with E-state index < -0.39 is 0 Å². The molecule has 1 aromatic carbocycles. The van der Waals surface area contributed by atoms with E-state index in [1.807, 2.05) is 18.2 Å². The SMILES string of the molecule is O=C(N[n+]1ccccn1)c1ccccc1. The van der Waals surface area contributed by atoms with Gasteiger partial charge in [-0.2, -0.15) is 0 Å². The number of hydrogen-bond acceptors (Lipinski definition) is 2. The first kappa shape index (κ1) is 9.33. The molecule has 1 N–H and O–H groups in total. The quantitative estimate of drug-likeness (QED) is 0.727. The summed E-state index contributed by atoms with van der Waals surface area (Å²) in [6.45, 7) is 0. The number of rotatable bonds is 2. The Morgan fingerprint density at radius 1 is 1.13 bits per heavy atom. The molecule has 0 atom stereocenters. The van der Waals surface area contributed by atoms with Crippen molar-refractivity contribution >= 4 is 5.91 Å². The molecule has 0 aliphatic heterocycles. The molecule has 0 saturated heterocycles. The minimum atomic E-state index is -0.181. The van der Waals surface area contributed by atoms with Crippen molar-refractivity contribution in [3.05, 3.63) is 60.4 Å². The molecule has 0 bridgehead atoms. The molecule has 2 aromatic rings. The van der Waals surface area contributed by atoms with E-state index in [4.69, 9.17) is 0 Å². The molecule has 0 spiro atoms. The van der Waals surface area contributed by atoms with E-state index in [0.29, 0.717) is 5.56 Å². The fourth-order valence-electron chi connectivity index (χ4n) is 1.15. The molecule has 0 unspecified atom stereocenters. The van der Waals surface area contributed by atoms with Crippen LogP contribution in [-0.4, -0.2) is 11.0 Å². The molecule has 74 valence electrons. The molecular formula is C11H10N3O+. The highest BCUT2D eigenvalue weighted by Gasteiger charge is 2.09. The van der Waals surface area contributed by atoms with Crippen molar-refractivity contribution in [1.29, 1.82) is 0 Å². The maximum atomic E-state index is 11.6. The number of carbonyl (C=O) groups excluding carboxylic acids is 1. The van der Waals surface area contributed by atoms with Crippen molar-refractivity contribution in [3.8, 4) is 0 Å². The fourth-order valence-corrected chi connectivity index (χ4v) is 1.15. The Morgan fingerprint density at radius 3 is 2.60 bits per heavy atom. The first-order chi connectivity index (χ1) is 7.36. The summed E-state index contributed by atoms with van der Waals surface area (Å²) in [7, 11) is 0. The lowest BCUT2D eigenvalue weighted by Gasteiger charge is -1.96. The van der Waals surface area contributed by atoms with Crippen molar-refractivity contribution in [2.75, 3.05) is 5.43 Å². The van der Waals surface area contributed by atoms with Crippen LogP contribution in [0.1, 0.15) is 10.4 Å². The summed E-state index contributed by atoms with van der Waals surface area (Å²) in [4.78, 5) is 13.0. The molecule has 1 heterocycles. The predicted molar refractivity (Wildman–Crippen MR) is 54.6 cm³/mol. The third-order valence-electron chi connectivity index (χ3n) is 1.87. The summed E-state index contributed by atoms with van der Waals surface area (Å²) < 4.78 is 0. The summed E-state index contributed by atoms with van der Waals surface area (Å²) >= 11 is 0. The van der Waals surface area contributed by atoms with Gasteiger partial charge in [0.05, 0.1) is 6.20 Å². The Kier molecular flexibility index (Phi) is 2.69. The van der Waals surface area contributed by atoms with Crippen LogP contribution in [0.4, 0.5) is 0 Å². The average molecular weight is 200 g/mol. The summed E-state index contributed by atoms with van der Waals surface area (Å²) in [6.07, 6.45) is 3.27. The normalized spacial score (nSPS) is 9.60. The van der Waals surface area contributed by atoms with Gasteiger partial charge < -0.3 is 0 Å². The van der Waals surface area contributed by atoms with Crippen LogP contribution in [0.15, 0.2) is 54.9 Å². The number of nitrogens with one attached hydrogen (secondary N) is 1. The second-order valence-corrected chi connectivity index (χ2v) is 2.95. The first-order valence-electron chi connectivity index (χ1n) is 4.55. The Balaban J connectivity index is 2.12. The van der Waals surface area contributed by atoms with Crippen LogP contribution in [0.5, 0.6) is 0 Å². The molecule has 0 aliphatic carbocycles. The number of carbonyl (C=O) groups is 1. The Morgan fingerprint density at radius 2 is 1.93 bits per heavy atom. The van der Waals surface area contributed by atoms with Crippen LogP contribution in [0.25, 0.3) is 0 Å². The minimum absolute atomic E-state index is 0.181. The molecule has 0 radical (unpaired) electrons. The van der Waals surface area contributed by atoms with Crippen LogP contribution in [-0.2, 0) is 0 Å². The largest absolute Gasteiger partial charge is 0.307 e. The zero-order valence-corrected chi connectivity index (χ0v) is 8.00. The number of amides is 1. The van der Waals surface area contributed by atoms with Gasteiger partial charge in [0.2, 0.25) is 6.20 Å². The molecule has 0 fully saturated rings. The van der Waals surface area contributed by atoms with Crippen LogP contribution in [0.3, 0.4) is 0 Å². The minimum Gasteiger partial charge on any atom is -0.263 e. The standard InChI is InChI=1S/C11H9N3O/c15-11(10-6-2-1-3-7-10)13-14-9-5-4-8-12-14/h1-9H/p+1. The number of aromatic nitrogens is 2. The van der Waals surface area contributed by atoms with Crippen LogP contribution in [0.2, 0.25) is 0 Å². The third-order valence-corrected chi connectivity index (χ3v) is 1.87. The zero-order valence-electron chi connectivity index (χ0n) is 8.00. The maximum absolute atomic E-state index is 11.6. The van der Waals surface area contributed by atoms with E-state index >= 15 is 0 Å². The van der Waals surface area contributed by atoms with E-state index in [9.17, 15) is 4.79 Å². The number of benzene rings is 1. The molecule has 2 rings (SSSR count). The van der Waals surface area contributed by atoms with E-state index in [1.165, 1.54) is 4.79 Å². The molecular weight excluding hydrogens is 190 g/mol. The summed E-state index contributed by atoms with van der Waals surface area (Å²) in [5, 5.41) is 3.93. The molecule has 1 aromatic heterocycles. The van der Waals surface area contributed by atoms with Crippen LogP contribution < -0.4 is 10.2 Å². The van der Waals surface area contributed by atoms with Gasteiger partial charge in [-0.15, -0.1) is 0 Å². The van der Waals surface area contributed by atoms with Crippen molar-refractivity contribution in [2.45, 2.75) is 0 Å². The van der Waals surface area contributed by atoms with Gasteiger partial charge in [-0.3, -0.25) is 4.79 Å². The van der Waals surface area contributed by atoms with E-state index in [1.54, 1.807) is 36.7 Å². The van der Waals surface area contributed by atoms with Gasteiger partial charge in [-0.05, 0) is 18.2 Å². The van der Waals surface area contributed by atoms with Crippen LogP contribution in [0, 0.1) is 0 Å². The zero-order chi connectivity index (χ0) is 10.5. The van der Waals surface area contributed by atoms with Crippen molar-refractivity contribution < 1.29 is 9.59 Å². The lowest BCUT2D eigenvalue weighted by atomic mass is 10.2. The molecule has 15 heavy (non-hydrogen) atoms. The van der Waals surface area contributed by atoms with E-state index in [0.717, 1.165) is 0 Å². The van der Waals surface area contributed by atoms with Gasteiger partial charge in [-0.25, -0.2) is 0 Å². The van der Waals surface area contributed by atoms with Crippen LogP contribution >= 0.6 is 0 Å². The highest BCUT2D eigenvalue weighted by molar-refractivity contribution is 5.98. The Bertz CT molecular complexity index is 442. The number of hydrogen-bond donors (Lipinski definition) is 1. The van der Waals surface area contributed by atoms with Gasteiger partial charge in [0.1, 0.15) is 0 Å². The van der Waals surface area contributed by atoms with Crippen molar-refractivity contribution in [1.82, 2.24) is 5.10 Å². The summed E-state index contributed by atoms with van der Waals surface area (Å²) in [5.74, 6) is -0.181. The van der Waals surface area contributed by atoms with Crippen molar-refractivity contribution in [2.24, 2.45) is 0 Å². The third kappa shape index (κ3) is 2.37. The van der Waals surface area contributed by atoms with Gasteiger partial charge in [0.25, 0.3) is 0 Å². The monoisotopic (exact) mass is 200 g/mol. The van der Waals surface area contributed by atoms with E-state index in [-0.39, 0.29) is 5.91 Å². The van der Waals surface area contributed by atoms with Gasteiger partial charge >= 0.3 is 5.91 Å². The van der Waals surface area contributed by atoms with E-state index in [2.05, 4.69) is 10.5 Å².